The van der Waals surface area contributed by atoms with Gasteiger partial charge < -0.3 is 43.6 Å². The molecule has 17 heteroatoms. The fourth-order valence-electron chi connectivity index (χ4n) is 10.6. The Morgan fingerprint density at radius 1 is 0.917 bits per heavy atom. The highest BCUT2D eigenvalue weighted by Gasteiger charge is 2.53. The summed E-state index contributed by atoms with van der Waals surface area (Å²) in [5.74, 6) is -7.27. The van der Waals surface area contributed by atoms with Crippen molar-refractivity contribution in [3.05, 3.63) is 58.0 Å². The number of rotatable bonds is 8. The van der Waals surface area contributed by atoms with E-state index in [0.717, 1.165) is 12.0 Å². The molecule has 3 aliphatic heterocycles. The Morgan fingerprint density at radius 3 is 2.29 bits per heavy atom. The van der Waals surface area contributed by atoms with Crippen molar-refractivity contribution >= 4 is 29.2 Å². The quantitative estimate of drug-likeness (QED) is 0.0441. The van der Waals surface area contributed by atoms with Crippen LogP contribution in [-0.2, 0) is 47.7 Å². The van der Waals surface area contributed by atoms with Gasteiger partial charge >= 0.3 is 5.97 Å². The van der Waals surface area contributed by atoms with E-state index in [1.165, 1.54) is 12.0 Å². The molecule has 0 radical (unpaired) electrons. The summed E-state index contributed by atoms with van der Waals surface area (Å²) in [7, 11) is 4.60. The lowest BCUT2D eigenvalue weighted by molar-refractivity contribution is -0.265. The van der Waals surface area contributed by atoms with Gasteiger partial charge in [0.2, 0.25) is 5.79 Å². The van der Waals surface area contributed by atoms with Crippen molar-refractivity contribution in [1.82, 2.24) is 4.90 Å². The second kappa shape index (κ2) is 27.9. The molecular formula is C55H87N5O12. The number of allylic oxidation sites excluding steroid dienone is 6. The molecule has 3 heterocycles. The lowest BCUT2D eigenvalue weighted by atomic mass is 9.77. The highest BCUT2D eigenvalue weighted by atomic mass is 16.7. The van der Waals surface area contributed by atoms with Crippen LogP contribution in [-0.4, -0.2) is 132 Å². The van der Waals surface area contributed by atoms with Gasteiger partial charge in [-0.05, 0) is 133 Å². The van der Waals surface area contributed by atoms with E-state index in [4.69, 9.17) is 28.5 Å². The molecule has 15 atom stereocenters. The molecule has 0 unspecified atom stereocenters. The second-order valence-corrected chi connectivity index (χ2v) is 22.1. The number of carbonyl (C=O) groups excluding carboxylic acids is 4. The summed E-state index contributed by atoms with van der Waals surface area (Å²) in [5.41, 5.74) is 10.4. The van der Waals surface area contributed by atoms with Crippen LogP contribution in [0, 0.1) is 35.5 Å². The summed E-state index contributed by atoms with van der Waals surface area (Å²) in [6.07, 6.45) is 12.8. The Kier molecular flexibility index (Phi) is 23.4. The molecule has 72 heavy (non-hydrogen) atoms. The van der Waals surface area contributed by atoms with Crippen molar-refractivity contribution in [3.8, 4) is 0 Å². The third-order valence-corrected chi connectivity index (χ3v) is 15.1. The Bertz CT molecular complexity index is 2040. The van der Waals surface area contributed by atoms with Crippen molar-refractivity contribution in [3.63, 3.8) is 0 Å². The molecule has 17 nitrogen and oxygen atoms in total. The molecule has 3 fully saturated rings. The number of aliphatic hydroxyl groups excluding tert-OH is 1. The van der Waals surface area contributed by atoms with Gasteiger partial charge in [-0.1, -0.05) is 81.3 Å². The molecule has 4 rings (SSSR count). The van der Waals surface area contributed by atoms with Gasteiger partial charge in [0.05, 0.1) is 30.1 Å². The fraction of sp³-hybridized carbons (Fsp3) is 0.764. The number of azide groups is 1. The lowest BCUT2D eigenvalue weighted by Crippen LogP contribution is -2.61. The Hall–Kier alpha value is -4.22. The summed E-state index contributed by atoms with van der Waals surface area (Å²) in [5, 5.41) is 32.5. The number of carbonyl (C=O) groups is 4. The van der Waals surface area contributed by atoms with Crippen LogP contribution in [0.15, 0.2) is 57.9 Å². The number of amides is 1. The SMILES string of the molecule is CO[C@H]1C[C@@H]2CC[C@@H](C)[C@@](O)(O2)C(=O)C(=O)N2CCCC[C@H]2C(=O)O[C@H]([C@H](C)C[C@@H]2CC[C@H](N=[N+]=[N-])[C@H](OC)C2)C/C(=N/OC(C)(C)C)[C@H](C)/C=C(\C)[C@@H](O)[C@@H](OC)C(=O)[C@H](C)C[C@H](C)/C=C/C=C/C=C/1C. The molecule has 2 N–H and O–H groups in total. The second-order valence-electron chi connectivity index (χ2n) is 22.1. The summed E-state index contributed by atoms with van der Waals surface area (Å²) in [6.45, 7) is 18.8. The number of hydrogen-bond donors (Lipinski definition) is 2. The minimum Gasteiger partial charge on any atom is -0.460 e. The zero-order valence-electron chi connectivity index (χ0n) is 45.5. The molecular weight excluding hydrogens is 923 g/mol. The number of hydrogen-bond acceptors (Lipinski definition) is 14. The van der Waals surface area contributed by atoms with Crippen LogP contribution in [0.1, 0.15) is 146 Å². The molecule has 404 valence electrons. The fourth-order valence-corrected chi connectivity index (χ4v) is 10.6. The van der Waals surface area contributed by atoms with E-state index in [1.807, 2.05) is 91.8 Å². The van der Waals surface area contributed by atoms with Gasteiger partial charge in [-0.2, -0.15) is 0 Å². The topological polar surface area (TPSA) is 228 Å². The Balaban J connectivity index is 1.81. The number of fused-ring (bicyclic) bond motifs is 3. The number of cyclic esters (lactones) is 1. The van der Waals surface area contributed by atoms with Crippen molar-refractivity contribution in [2.45, 2.75) is 206 Å². The van der Waals surface area contributed by atoms with Crippen LogP contribution in [0.3, 0.4) is 0 Å². The monoisotopic (exact) mass is 1010 g/mol. The largest absolute Gasteiger partial charge is 0.460 e. The van der Waals surface area contributed by atoms with E-state index >= 15 is 0 Å². The Labute approximate surface area is 428 Å². The molecule has 0 aromatic rings. The summed E-state index contributed by atoms with van der Waals surface area (Å²) in [6, 6.07) is -1.43. The molecule has 1 saturated carbocycles. The first-order valence-corrected chi connectivity index (χ1v) is 26.2. The van der Waals surface area contributed by atoms with Gasteiger partial charge in [-0.25, -0.2) is 4.79 Å². The maximum Gasteiger partial charge on any atom is 0.329 e. The molecule has 0 spiro atoms. The third-order valence-electron chi connectivity index (χ3n) is 15.1. The number of Topliss-reactive ketones (excluding diaryl/α,β-unsaturated/α-hetero) is 2. The zero-order chi connectivity index (χ0) is 53.5. The van der Waals surface area contributed by atoms with Gasteiger partial charge in [0.15, 0.2) is 5.78 Å². The molecule has 2 bridgehead atoms. The number of piperidine rings is 1. The highest BCUT2D eigenvalue weighted by Crippen LogP contribution is 2.38. The van der Waals surface area contributed by atoms with Crippen molar-refractivity contribution in [2.24, 2.45) is 45.8 Å². The minimum atomic E-state index is -2.43. The lowest BCUT2D eigenvalue weighted by Gasteiger charge is -2.42. The van der Waals surface area contributed by atoms with Crippen LogP contribution in [0.5, 0.6) is 0 Å². The maximum atomic E-state index is 14.8. The van der Waals surface area contributed by atoms with E-state index in [0.29, 0.717) is 69.1 Å². The molecule has 0 aromatic heterocycles. The molecule has 0 aromatic carbocycles. The van der Waals surface area contributed by atoms with Gasteiger partial charge in [-0.15, -0.1) is 0 Å². The number of nitrogens with zero attached hydrogens (tertiary/aromatic N) is 5. The molecule has 1 amide bonds. The van der Waals surface area contributed by atoms with Gasteiger partial charge in [0.1, 0.15) is 30.0 Å². The minimum absolute atomic E-state index is 0.0212. The van der Waals surface area contributed by atoms with E-state index in [9.17, 15) is 34.9 Å². The van der Waals surface area contributed by atoms with Gasteiger partial charge in [0, 0.05) is 63.4 Å². The number of oxime groups is 1. The number of ether oxygens (including phenoxy) is 5. The smallest absolute Gasteiger partial charge is 0.329 e. The summed E-state index contributed by atoms with van der Waals surface area (Å²) in [4.78, 5) is 67.9. The zero-order valence-corrected chi connectivity index (χ0v) is 45.5. The summed E-state index contributed by atoms with van der Waals surface area (Å²) >= 11 is 0. The average Bonchev–Trinajstić information content (AvgIpc) is 3.34. The first-order valence-electron chi connectivity index (χ1n) is 26.2. The third kappa shape index (κ3) is 16.6. The van der Waals surface area contributed by atoms with Crippen molar-refractivity contribution < 1.29 is 57.9 Å². The van der Waals surface area contributed by atoms with E-state index in [1.54, 1.807) is 28.1 Å². The molecule has 1 aliphatic carbocycles. The van der Waals surface area contributed by atoms with Crippen LogP contribution in [0.4, 0.5) is 0 Å². The normalized spacial score (nSPS) is 38.2. The molecule has 4 aliphatic rings. The van der Waals surface area contributed by atoms with Crippen LogP contribution in [0.2, 0.25) is 0 Å². The van der Waals surface area contributed by atoms with E-state index in [-0.39, 0.29) is 55.1 Å². The van der Waals surface area contributed by atoms with Crippen LogP contribution < -0.4 is 0 Å². The first kappa shape index (κ1) is 60.3. The van der Waals surface area contributed by atoms with Crippen LogP contribution >= 0.6 is 0 Å². The van der Waals surface area contributed by atoms with Gasteiger partial charge in [0.25, 0.3) is 11.7 Å². The van der Waals surface area contributed by atoms with Crippen molar-refractivity contribution in [2.75, 3.05) is 27.9 Å². The number of esters is 1. The standard InChI is InChI=1S/C55H87N5O12/c1-33-19-15-14-16-20-34(2)45(67-11)31-41-24-22-39(7)55(66,71-41)51(63)52(64)60-26-18-17-21-44(60)53(65)70-46(36(4)29-40-23-25-42(57-59-56)47(30-40)68-12)32-43(58-72-54(8,9)10)35(3)28-38(6)49(62)50(69-13)48(61)37(5)27-33/h14-16,19-20,28,33,35-37,39-42,44-47,49-50,62,66H,17-18,21-27,29-32H2,1-13H3/b16-14+,19-15+,34-20+,38-28+,58-43-/t33-,35-,36-,37-,39-,40+,41+,42+,44+,45+,46+,47-,49-,50+,55-/m1/s1. The van der Waals surface area contributed by atoms with E-state index < -0.39 is 83.4 Å². The van der Waals surface area contributed by atoms with Crippen molar-refractivity contribution in [1.29, 1.82) is 0 Å². The number of methoxy groups -OCH3 is 3. The Morgan fingerprint density at radius 2 is 1.64 bits per heavy atom. The predicted octanol–water partition coefficient (Wildman–Crippen LogP) is 9.10. The average molecular weight is 1010 g/mol. The number of aliphatic hydroxyl groups is 2. The molecule has 2 saturated heterocycles. The summed E-state index contributed by atoms with van der Waals surface area (Å²) < 4.78 is 30.1. The maximum absolute atomic E-state index is 14.8. The van der Waals surface area contributed by atoms with Crippen LogP contribution in [0.25, 0.3) is 10.4 Å². The van der Waals surface area contributed by atoms with Gasteiger partial charge in [-0.3, -0.25) is 14.4 Å². The highest BCUT2D eigenvalue weighted by molar-refractivity contribution is 6.39. The predicted molar refractivity (Wildman–Crippen MR) is 275 cm³/mol. The first-order chi connectivity index (χ1) is 34.0. The van der Waals surface area contributed by atoms with E-state index in [2.05, 4.69) is 15.2 Å². The number of ketones is 2.